The Kier molecular flexibility index (Phi) is 1.91. The van der Waals surface area contributed by atoms with Gasteiger partial charge in [-0.3, -0.25) is 0 Å². The summed E-state index contributed by atoms with van der Waals surface area (Å²) in [6, 6.07) is 6.58. The van der Waals surface area contributed by atoms with Crippen LogP contribution < -0.4 is 10.5 Å². The number of hydrogen-bond donors (Lipinski definition) is 1. The van der Waals surface area contributed by atoms with Crippen LogP contribution in [-0.4, -0.2) is 11.1 Å². The van der Waals surface area contributed by atoms with Crippen molar-refractivity contribution in [3.63, 3.8) is 0 Å². The third-order valence-electron chi connectivity index (χ3n) is 3.58. The predicted octanol–water partition coefficient (Wildman–Crippen LogP) is 2.43. The lowest BCUT2D eigenvalue weighted by molar-refractivity contribution is 0.138. The van der Waals surface area contributed by atoms with E-state index in [1.807, 2.05) is 0 Å². The monoisotopic (exact) mass is 217 g/mol. The highest BCUT2D eigenvalue weighted by atomic mass is 16.5. The van der Waals surface area contributed by atoms with Gasteiger partial charge >= 0.3 is 0 Å². The predicted molar refractivity (Wildman–Crippen MR) is 64.7 cm³/mol. The lowest BCUT2D eigenvalue weighted by atomic mass is 9.99. The molecule has 0 radical (unpaired) electrons. The Morgan fingerprint density at radius 3 is 2.75 bits per heavy atom. The molecular weight excluding hydrogens is 198 g/mol. The minimum Gasteiger partial charge on any atom is -0.487 e. The van der Waals surface area contributed by atoms with Crippen molar-refractivity contribution in [3.05, 3.63) is 29.3 Å². The Balaban J connectivity index is 1.84. The highest BCUT2D eigenvalue weighted by Crippen LogP contribution is 2.39. The van der Waals surface area contributed by atoms with Crippen molar-refractivity contribution in [2.75, 3.05) is 0 Å². The Morgan fingerprint density at radius 1 is 1.31 bits per heavy atom. The first-order valence-electron chi connectivity index (χ1n) is 6.06. The number of benzene rings is 1. The SMILES string of the molecule is CC1(C)Cc2ccc(CC3(N)CC3)cc2O1. The molecule has 0 unspecified atom stereocenters. The van der Waals surface area contributed by atoms with Gasteiger partial charge in [0.2, 0.25) is 0 Å². The van der Waals surface area contributed by atoms with Gasteiger partial charge in [-0.05, 0) is 50.3 Å². The van der Waals surface area contributed by atoms with E-state index in [1.165, 1.54) is 11.1 Å². The second-order valence-corrected chi connectivity index (χ2v) is 6.02. The van der Waals surface area contributed by atoms with Crippen LogP contribution in [0.4, 0.5) is 0 Å². The highest BCUT2D eigenvalue weighted by molar-refractivity contribution is 5.42. The molecule has 2 N–H and O–H groups in total. The third-order valence-corrected chi connectivity index (χ3v) is 3.58. The highest BCUT2D eigenvalue weighted by Gasteiger charge is 2.38. The average molecular weight is 217 g/mol. The topological polar surface area (TPSA) is 35.2 Å². The third kappa shape index (κ3) is 1.82. The number of rotatable bonds is 2. The molecule has 0 bridgehead atoms. The largest absolute Gasteiger partial charge is 0.487 e. The number of hydrogen-bond acceptors (Lipinski definition) is 2. The van der Waals surface area contributed by atoms with Gasteiger partial charge < -0.3 is 10.5 Å². The van der Waals surface area contributed by atoms with Gasteiger partial charge in [-0.1, -0.05) is 12.1 Å². The van der Waals surface area contributed by atoms with Crippen LogP contribution in [0.1, 0.15) is 37.8 Å². The molecule has 86 valence electrons. The van der Waals surface area contributed by atoms with Crippen LogP contribution in [0.15, 0.2) is 18.2 Å². The van der Waals surface area contributed by atoms with Gasteiger partial charge in [-0.2, -0.15) is 0 Å². The molecule has 2 heteroatoms. The first-order valence-corrected chi connectivity index (χ1v) is 6.06. The molecule has 3 rings (SSSR count). The van der Waals surface area contributed by atoms with Gasteiger partial charge in [0.15, 0.2) is 0 Å². The normalized spacial score (nSPS) is 23.7. The van der Waals surface area contributed by atoms with E-state index in [9.17, 15) is 0 Å². The minimum absolute atomic E-state index is 0.0407. The quantitative estimate of drug-likeness (QED) is 0.825. The lowest BCUT2D eigenvalue weighted by Crippen LogP contribution is -2.25. The first kappa shape index (κ1) is 10.2. The maximum atomic E-state index is 6.14. The summed E-state index contributed by atoms with van der Waals surface area (Å²) in [4.78, 5) is 0. The van der Waals surface area contributed by atoms with Crippen LogP contribution >= 0.6 is 0 Å². The van der Waals surface area contributed by atoms with Gasteiger partial charge in [0.1, 0.15) is 11.4 Å². The number of ether oxygens (including phenoxy) is 1. The molecule has 1 aromatic rings. The van der Waals surface area contributed by atoms with E-state index in [1.54, 1.807) is 0 Å². The van der Waals surface area contributed by atoms with Gasteiger partial charge in [0.05, 0.1) is 0 Å². The van der Waals surface area contributed by atoms with Crippen LogP contribution in [0.25, 0.3) is 0 Å². The van der Waals surface area contributed by atoms with Gasteiger partial charge in [0.25, 0.3) is 0 Å². The summed E-state index contributed by atoms with van der Waals surface area (Å²) in [6.07, 6.45) is 4.33. The summed E-state index contributed by atoms with van der Waals surface area (Å²) in [6.45, 7) is 4.27. The summed E-state index contributed by atoms with van der Waals surface area (Å²) >= 11 is 0. The zero-order chi connectivity index (χ0) is 11.4. The molecule has 2 nitrogen and oxygen atoms in total. The Morgan fingerprint density at radius 2 is 2.06 bits per heavy atom. The van der Waals surface area contributed by atoms with Crippen molar-refractivity contribution in [2.24, 2.45) is 5.73 Å². The van der Waals surface area contributed by atoms with E-state index in [4.69, 9.17) is 10.5 Å². The molecule has 1 aliphatic heterocycles. The van der Waals surface area contributed by atoms with Crippen LogP contribution in [0, 0.1) is 0 Å². The van der Waals surface area contributed by atoms with Crippen LogP contribution in [0.5, 0.6) is 5.75 Å². The maximum Gasteiger partial charge on any atom is 0.123 e. The Bertz CT molecular complexity index is 432. The average Bonchev–Trinajstić information content (AvgIpc) is 2.78. The van der Waals surface area contributed by atoms with Crippen molar-refractivity contribution >= 4 is 0 Å². The summed E-state index contributed by atoms with van der Waals surface area (Å²) in [5.74, 6) is 1.06. The van der Waals surface area contributed by atoms with Crippen LogP contribution in [0.3, 0.4) is 0 Å². The second-order valence-electron chi connectivity index (χ2n) is 6.02. The molecule has 1 saturated carbocycles. The van der Waals surface area contributed by atoms with Gasteiger partial charge in [-0.25, -0.2) is 0 Å². The van der Waals surface area contributed by atoms with Crippen molar-refractivity contribution in [2.45, 2.75) is 50.7 Å². The first-order chi connectivity index (χ1) is 7.46. The fourth-order valence-corrected chi connectivity index (χ4v) is 2.49. The molecule has 1 fully saturated rings. The fraction of sp³-hybridized carbons (Fsp3) is 0.571. The molecule has 1 aromatic carbocycles. The molecule has 0 aromatic heterocycles. The lowest BCUT2D eigenvalue weighted by Gasteiger charge is -2.17. The van der Waals surface area contributed by atoms with Gasteiger partial charge in [-0.15, -0.1) is 0 Å². The van der Waals surface area contributed by atoms with E-state index in [0.717, 1.165) is 31.4 Å². The zero-order valence-corrected chi connectivity index (χ0v) is 10.0. The smallest absolute Gasteiger partial charge is 0.123 e. The van der Waals surface area contributed by atoms with Crippen molar-refractivity contribution in [3.8, 4) is 5.75 Å². The molecule has 16 heavy (non-hydrogen) atoms. The molecule has 0 amide bonds. The zero-order valence-electron chi connectivity index (χ0n) is 10.0. The van der Waals surface area contributed by atoms with E-state index >= 15 is 0 Å². The molecule has 0 spiro atoms. The summed E-state index contributed by atoms with van der Waals surface area (Å²) < 4.78 is 5.93. The summed E-state index contributed by atoms with van der Waals surface area (Å²) in [5, 5.41) is 0. The molecular formula is C14H19NO. The molecule has 1 heterocycles. The van der Waals surface area contributed by atoms with E-state index in [-0.39, 0.29) is 11.1 Å². The van der Waals surface area contributed by atoms with Crippen molar-refractivity contribution in [1.82, 2.24) is 0 Å². The maximum absolute atomic E-state index is 6.14. The minimum atomic E-state index is -0.0407. The second kappa shape index (κ2) is 3.01. The summed E-state index contributed by atoms with van der Waals surface area (Å²) in [5.41, 5.74) is 8.83. The standard InChI is InChI=1S/C14H19NO/c1-13(2)9-11-4-3-10(7-12(11)16-13)8-14(15)5-6-14/h3-4,7H,5-6,8-9,15H2,1-2H3. The number of fused-ring (bicyclic) bond motifs is 1. The van der Waals surface area contributed by atoms with Crippen LogP contribution in [-0.2, 0) is 12.8 Å². The molecule has 0 saturated heterocycles. The molecule has 1 aliphatic carbocycles. The van der Waals surface area contributed by atoms with E-state index in [2.05, 4.69) is 32.0 Å². The summed E-state index contributed by atoms with van der Waals surface area (Å²) in [7, 11) is 0. The molecule has 0 atom stereocenters. The Labute approximate surface area is 96.8 Å². The fourth-order valence-electron chi connectivity index (χ4n) is 2.49. The van der Waals surface area contributed by atoms with E-state index < -0.39 is 0 Å². The Hall–Kier alpha value is -1.02. The van der Waals surface area contributed by atoms with Crippen molar-refractivity contribution in [1.29, 1.82) is 0 Å². The van der Waals surface area contributed by atoms with Crippen molar-refractivity contribution < 1.29 is 4.74 Å². The van der Waals surface area contributed by atoms with Crippen LogP contribution in [0.2, 0.25) is 0 Å². The number of nitrogens with two attached hydrogens (primary N) is 1. The van der Waals surface area contributed by atoms with Gasteiger partial charge in [0, 0.05) is 12.0 Å². The molecule has 2 aliphatic rings. The van der Waals surface area contributed by atoms with E-state index in [0.29, 0.717) is 0 Å².